The number of carbonyl (C=O) groups excluding carboxylic acids is 1. The van der Waals surface area contributed by atoms with Gasteiger partial charge in [0.1, 0.15) is 24.4 Å². The van der Waals surface area contributed by atoms with Crippen molar-refractivity contribution in [2.24, 2.45) is 0 Å². The number of hydrogen-bond acceptors (Lipinski definition) is 6. The maximum Gasteiger partial charge on any atom is 0.331 e. The van der Waals surface area contributed by atoms with Crippen molar-refractivity contribution >= 4 is 23.6 Å². The lowest BCUT2D eigenvalue weighted by atomic mass is 10.2. The third kappa shape index (κ3) is 5.14. The van der Waals surface area contributed by atoms with Crippen LogP contribution in [0.1, 0.15) is 11.3 Å². The summed E-state index contributed by atoms with van der Waals surface area (Å²) in [5, 5.41) is 0.357. The molecule has 0 saturated carbocycles. The van der Waals surface area contributed by atoms with Gasteiger partial charge < -0.3 is 18.6 Å². The summed E-state index contributed by atoms with van der Waals surface area (Å²) in [5.41, 5.74) is 1.69. The molecule has 0 aliphatic rings. The first-order valence-corrected chi connectivity index (χ1v) is 8.84. The van der Waals surface area contributed by atoms with Crippen molar-refractivity contribution in [1.29, 1.82) is 0 Å². The molecule has 0 radical (unpaired) electrons. The molecule has 2 aromatic carbocycles. The van der Waals surface area contributed by atoms with E-state index in [0.29, 0.717) is 39.2 Å². The predicted molar refractivity (Wildman–Crippen MR) is 105 cm³/mol. The van der Waals surface area contributed by atoms with Gasteiger partial charge in [-0.1, -0.05) is 11.6 Å². The van der Waals surface area contributed by atoms with Gasteiger partial charge in [-0.3, -0.25) is 0 Å². The SMILES string of the molecule is COc1cc(/C=C/C(=O)OCc2coc(-c3ccc(F)cc3)n2)cc(Cl)c1OC. The van der Waals surface area contributed by atoms with Gasteiger partial charge in [-0.15, -0.1) is 0 Å². The van der Waals surface area contributed by atoms with Crippen molar-refractivity contribution in [3.63, 3.8) is 0 Å². The van der Waals surface area contributed by atoms with E-state index in [0.717, 1.165) is 0 Å². The van der Waals surface area contributed by atoms with E-state index in [2.05, 4.69) is 4.98 Å². The molecule has 0 fully saturated rings. The Morgan fingerprint density at radius 3 is 2.66 bits per heavy atom. The summed E-state index contributed by atoms with van der Waals surface area (Å²) in [4.78, 5) is 16.2. The van der Waals surface area contributed by atoms with Gasteiger partial charge in [0.2, 0.25) is 5.89 Å². The first kappa shape index (κ1) is 20.4. The van der Waals surface area contributed by atoms with E-state index in [1.807, 2.05) is 0 Å². The number of rotatable bonds is 7. The summed E-state index contributed by atoms with van der Waals surface area (Å²) >= 11 is 6.14. The molecular formula is C21H17ClFNO5. The van der Waals surface area contributed by atoms with Crippen molar-refractivity contribution in [1.82, 2.24) is 4.98 Å². The number of hydrogen-bond donors (Lipinski definition) is 0. The number of halogens is 2. The normalized spacial score (nSPS) is 10.9. The van der Waals surface area contributed by atoms with Gasteiger partial charge in [-0.25, -0.2) is 14.2 Å². The summed E-state index contributed by atoms with van der Waals surface area (Å²) in [7, 11) is 2.98. The molecule has 6 nitrogen and oxygen atoms in total. The highest BCUT2D eigenvalue weighted by atomic mass is 35.5. The zero-order chi connectivity index (χ0) is 20.8. The van der Waals surface area contributed by atoms with Gasteiger partial charge in [0, 0.05) is 11.6 Å². The second-order valence-corrected chi connectivity index (χ2v) is 6.24. The van der Waals surface area contributed by atoms with Crippen LogP contribution in [-0.2, 0) is 16.1 Å². The number of ether oxygens (including phenoxy) is 3. The van der Waals surface area contributed by atoms with Gasteiger partial charge in [-0.2, -0.15) is 0 Å². The van der Waals surface area contributed by atoms with Gasteiger partial charge in [0.05, 0.1) is 19.2 Å². The van der Waals surface area contributed by atoms with E-state index in [4.69, 9.17) is 30.2 Å². The molecule has 0 aliphatic heterocycles. The Hall–Kier alpha value is -3.32. The minimum absolute atomic E-state index is 0.0689. The summed E-state index contributed by atoms with van der Waals surface area (Å²) in [6, 6.07) is 9.04. The summed E-state index contributed by atoms with van der Waals surface area (Å²) in [5.74, 6) is 0.256. The van der Waals surface area contributed by atoms with Crippen molar-refractivity contribution in [3.05, 3.63) is 70.8 Å². The number of aromatic nitrogens is 1. The van der Waals surface area contributed by atoms with Crippen LogP contribution in [0.3, 0.4) is 0 Å². The fourth-order valence-corrected chi connectivity index (χ4v) is 2.79. The molecule has 3 rings (SSSR count). The zero-order valence-corrected chi connectivity index (χ0v) is 16.4. The van der Waals surface area contributed by atoms with Gasteiger partial charge in [-0.05, 0) is 48.0 Å². The van der Waals surface area contributed by atoms with Crippen LogP contribution < -0.4 is 9.47 Å². The van der Waals surface area contributed by atoms with Crippen LogP contribution in [-0.4, -0.2) is 25.2 Å². The highest BCUT2D eigenvalue weighted by Gasteiger charge is 2.11. The Bertz CT molecular complexity index is 1030. The smallest absolute Gasteiger partial charge is 0.331 e. The molecule has 0 bridgehead atoms. The van der Waals surface area contributed by atoms with Crippen molar-refractivity contribution in [2.75, 3.05) is 14.2 Å². The highest BCUT2D eigenvalue weighted by molar-refractivity contribution is 6.32. The first-order chi connectivity index (χ1) is 14.0. The average molecular weight is 418 g/mol. The molecule has 0 N–H and O–H groups in total. The van der Waals surface area contributed by atoms with Crippen LogP contribution in [0.15, 0.2) is 53.2 Å². The van der Waals surface area contributed by atoms with Crippen LogP contribution in [0.4, 0.5) is 4.39 Å². The molecule has 0 amide bonds. The van der Waals surface area contributed by atoms with Crippen LogP contribution >= 0.6 is 11.6 Å². The van der Waals surface area contributed by atoms with E-state index in [9.17, 15) is 9.18 Å². The topological polar surface area (TPSA) is 70.8 Å². The maximum absolute atomic E-state index is 13.0. The molecule has 0 saturated heterocycles. The number of esters is 1. The zero-order valence-electron chi connectivity index (χ0n) is 15.6. The number of oxazole rings is 1. The van der Waals surface area contributed by atoms with Crippen molar-refractivity contribution < 1.29 is 27.8 Å². The van der Waals surface area contributed by atoms with E-state index in [-0.39, 0.29) is 12.4 Å². The molecule has 3 aromatic rings. The Kier molecular flexibility index (Phi) is 6.51. The second-order valence-electron chi connectivity index (χ2n) is 5.83. The van der Waals surface area contributed by atoms with E-state index >= 15 is 0 Å². The van der Waals surface area contributed by atoms with E-state index < -0.39 is 5.97 Å². The third-order valence-electron chi connectivity index (χ3n) is 3.87. The molecular weight excluding hydrogens is 401 g/mol. The van der Waals surface area contributed by atoms with E-state index in [1.165, 1.54) is 38.7 Å². The lowest BCUT2D eigenvalue weighted by Gasteiger charge is -2.10. The standard InChI is InChI=1S/C21H17ClFNO5/c1-26-18-10-13(9-17(22)20(18)27-2)3-8-19(25)28-11-16-12-29-21(24-16)14-4-6-15(23)7-5-14/h3-10,12H,11H2,1-2H3/b8-3+. The van der Waals surface area contributed by atoms with Gasteiger partial charge in [0.15, 0.2) is 11.5 Å². The number of methoxy groups -OCH3 is 2. The second kappa shape index (κ2) is 9.25. The van der Waals surface area contributed by atoms with Crippen LogP contribution in [0.25, 0.3) is 17.5 Å². The molecule has 0 unspecified atom stereocenters. The lowest BCUT2D eigenvalue weighted by molar-refractivity contribution is -0.139. The molecule has 150 valence electrons. The highest BCUT2D eigenvalue weighted by Crippen LogP contribution is 2.36. The van der Waals surface area contributed by atoms with Crippen molar-refractivity contribution in [2.45, 2.75) is 6.61 Å². The number of carbonyl (C=O) groups is 1. The Morgan fingerprint density at radius 2 is 1.97 bits per heavy atom. The average Bonchev–Trinajstić information content (AvgIpc) is 3.19. The van der Waals surface area contributed by atoms with Gasteiger partial charge in [0.25, 0.3) is 0 Å². The third-order valence-corrected chi connectivity index (χ3v) is 4.15. The van der Waals surface area contributed by atoms with Crippen LogP contribution in [0.5, 0.6) is 11.5 Å². The minimum atomic E-state index is -0.567. The van der Waals surface area contributed by atoms with Gasteiger partial charge >= 0.3 is 5.97 Å². The molecule has 1 heterocycles. The quantitative estimate of drug-likeness (QED) is 0.402. The van der Waals surface area contributed by atoms with E-state index in [1.54, 1.807) is 30.3 Å². The Morgan fingerprint density at radius 1 is 1.21 bits per heavy atom. The molecule has 8 heteroatoms. The van der Waals surface area contributed by atoms with Crippen LogP contribution in [0, 0.1) is 5.82 Å². The molecule has 0 aliphatic carbocycles. The monoisotopic (exact) mass is 417 g/mol. The molecule has 1 aromatic heterocycles. The fourth-order valence-electron chi connectivity index (χ4n) is 2.49. The van der Waals surface area contributed by atoms with Crippen LogP contribution in [0.2, 0.25) is 5.02 Å². The number of benzene rings is 2. The predicted octanol–water partition coefficient (Wildman–Crippen LogP) is 4.91. The first-order valence-electron chi connectivity index (χ1n) is 8.47. The summed E-state index contributed by atoms with van der Waals surface area (Å²) < 4.78 is 33.8. The summed E-state index contributed by atoms with van der Waals surface area (Å²) in [6.07, 6.45) is 4.19. The summed E-state index contributed by atoms with van der Waals surface area (Å²) in [6.45, 7) is -0.0689. The molecule has 0 spiro atoms. The Labute approximate surface area is 171 Å². The molecule has 29 heavy (non-hydrogen) atoms. The Balaban J connectivity index is 1.60. The minimum Gasteiger partial charge on any atom is -0.493 e. The maximum atomic E-state index is 13.0. The molecule has 0 atom stereocenters. The largest absolute Gasteiger partial charge is 0.493 e. The lowest BCUT2D eigenvalue weighted by Crippen LogP contribution is -2.01. The number of nitrogens with zero attached hydrogens (tertiary/aromatic N) is 1. The fraction of sp³-hybridized carbons (Fsp3) is 0.143. The van der Waals surface area contributed by atoms with Crippen molar-refractivity contribution in [3.8, 4) is 23.0 Å².